The van der Waals surface area contributed by atoms with Crippen molar-refractivity contribution in [3.8, 4) is 0 Å². The van der Waals surface area contributed by atoms with Gasteiger partial charge in [0.25, 0.3) is 0 Å². The van der Waals surface area contributed by atoms with Crippen molar-refractivity contribution in [2.24, 2.45) is 5.73 Å². The third-order valence-electron chi connectivity index (χ3n) is 4.15. The number of pyridine rings is 1. The fourth-order valence-corrected chi connectivity index (χ4v) is 2.85. The van der Waals surface area contributed by atoms with Gasteiger partial charge in [0.2, 0.25) is 0 Å². The van der Waals surface area contributed by atoms with Crippen molar-refractivity contribution in [3.63, 3.8) is 0 Å². The zero-order valence-corrected chi connectivity index (χ0v) is 10.9. The molecular formula is C16H19N3. The van der Waals surface area contributed by atoms with E-state index in [1.54, 1.807) is 6.20 Å². The fraction of sp³-hybridized carbons (Fsp3) is 0.312. The molecule has 1 atom stereocenters. The average Bonchev–Trinajstić information content (AvgIpc) is 3.21. The van der Waals surface area contributed by atoms with Crippen LogP contribution in [0.2, 0.25) is 0 Å². The normalized spacial score (nSPS) is 17.9. The highest BCUT2D eigenvalue weighted by Gasteiger charge is 2.48. The lowest BCUT2D eigenvalue weighted by Crippen LogP contribution is -2.36. The van der Waals surface area contributed by atoms with Gasteiger partial charge >= 0.3 is 0 Å². The first-order valence-corrected chi connectivity index (χ1v) is 6.72. The van der Waals surface area contributed by atoms with Crippen LogP contribution in [-0.4, -0.2) is 11.0 Å². The maximum atomic E-state index is 6.47. The second-order valence-corrected chi connectivity index (χ2v) is 5.42. The molecule has 19 heavy (non-hydrogen) atoms. The molecule has 1 aromatic heterocycles. The van der Waals surface area contributed by atoms with Crippen molar-refractivity contribution in [1.29, 1.82) is 0 Å². The molecular weight excluding hydrogens is 234 g/mol. The van der Waals surface area contributed by atoms with Gasteiger partial charge in [-0.2, -0.15) is 0 Å². The second-order valence-electron chi connectivity index (χ2n) is 5.42. The van der Waals surface area contributed by atoms with Crippen LogP contribution in [0.3, 0.4) is 0 Å². The first-order valence-electron chi connectivity index (χ1n) is 6.72. The number of hydrogen-bond acceptors (Lipinski definition) is 3. The number of benzene rings is 1. The zero-order valence-electron chi connectivity index (χ0n) is 10.9. The molecule has 1 fully saturated rings. The molecule has 3 heteroatoms. The van der Waals surface area contributed by atoms with Gasteiger partial charge in [-0.15, -0.1) is 0 Å². The average molecular weight is 253 g/mol. The van der Waals surface area contributed by atoms with Crippen LogP contribution in [-0.2, 0) is 11.8 Å². The van der Waals surface area contributed by atoms with Gasteiger partial charge in [-0.25, -0.2) is 4.98 Å². The van der Waals surface area contributed by atoms with Crippen LogP contribution in [0.4, 0.5) is 5.82 Å². The quantitative estimate of drug-likeness (QED) is 0.878. The molecule has 0 radical (unpaired) electrons. The number of nitrogen functional groups attached to an aromatic ring is 1. The van der Waals surface area contributed by atoms with Gasteiger partial charge in [-0.3, -0.25) is 0 Å². The van der Waals surface area contributed by atoms with E-state index in [1.807, 2.05) is 12.1 Å². The SMILES string of the molecule is Nc1cc(CC(N)C2(c3ccccc3)CC2)ccn1. The summed E-state index contributed by atoms with van der Waals surface area (Å²) in [5.74, 6) is 0.564. The molecule has 98 valence electrons. The lowest BCUT2D eigenvalue weighted by atomic mass is 9.85. The van der Waals surface area contributed by atoms with E-state index in [2.05, 4.69) is 35.3 Å². The van der Waals surface area contributed by atoms with E-state index in [-0.39, 0.29) is 11.5 Å². The van der Waals surface area contributed by atoms with Crippen molar-refractivity contribution in [2.75, 3.05) is 5.73 Å². The van der Waals surface area contributed by atoms with Gasteiger partial charge in [0.15, 0.2) is 0 Å². The van der Waals surface area contributed by atoms with E-state index < -0.39 is 0 Å². The highest BCUT2D eigenvalue weighted by Crippen LogP contribution is 2.50. The van der Waals surface area contributed by atoms with Crippen molar-refractivity contribution < 1.29 is 0 Å². The van der Waals surface area contributed by atoms with Crippen LogP contribution in [0.1, 0.15) is 24.0 Å². The Morgan fingerprint density at radius 3 is 2.53 bits per heavy atom. The predicted octanol–water partition coefficient (Wildman–Crippen LogP) is 2.27. The van der Waals surface area contributed by atoms with E-state index in [9.17, 15) is 0 Å². The Kier molecular flexibility index (Phi) is 2.99. The van der Waals surface area contributed by atoms with E-state index in [0.29, 0.717) is 5.82 Å². The third-order valence-corrected chi connectivity index (χ3v) is 4.15. The number of nitrogens with two attached hydrogens (primary N) is 2. The van der Waals surface area contributed by atoms with Gasteiger partial charge in [-0.1, -0.05) is 30.3 Å². The summed E-state index contributed by atoms with van der Waals surface area (Å²) in [7, 11) is 0. The summed E-state index contributed by atoms with van der Waals surface area (Å²) in [6.07, 6.45) is 4.96. The highest BCUT2D eigenvalue weighted by molar-refractivity contribution is 5.37. The smallest absolute Gasteiger partial charge is 0.123 e. The van der Waals surface area contributed by atoms with Gasteiger partial charge in [-0.05, 0) is 42.5 Å². The molecule has 0 bridgehead atoms. The Labute approximate surface area is 113 Å². The van der Waals surface area contributed by atoms with Gasteiger partial charge in [0.1, 0.15) is 5.82 Å². The molecule has 0 aliphatic heterocycles. The van der Waals surface area contributed by atoms with Crippen LogP contribution in [0, 0.1) is 0 Å². The summed E-state index contributed by atoms with van der Waals surface area (Å²) < 4.78 is 0. The van der Waals surface area contributed by atoms with Crippen LogP contribution in [0.5, 0.6) is 0 Å². The Bertz CT molecular complexity index is 561. The van der Waals surface area contributed by atoms with Gasteiger partial charge < -0.3 is 11.5 Å². The maximum absolute atomic E-state index is 6.47. The van der Waals surface area contributed by atoms with Gasteiger partial charge in [0, 0.05) is 17.7 Å². The molecule has 1 saturated carbocycles. The summed E-state index contributed by atoms with van der Waals surface area (Å²) in [6, 6.07) is 14.7. The lowest BCUT2D eigenvalue weighted by Gasteiger charge is -2.24. The Morgan fingerprint density at radius 2 is 1.89 bits per heavy atom. The fourth-order valence-electron chi connectivity index (χ4n) is 2.85. The molecule has 2 aromatic rings. The lowest BCUT2D eigenvalue weighted by molar-refractivity contribution is 0.514. The van der Waals surface area contributed by atoms with Crippen molar-refractivity contribution in [1.82, 2.24) is 4.98 Å². The second kappa shape index (κ2) is 4.67. The first-order chi connectivity index (χ1) is 9.21. The highest BCUT2D eigenvalue weighted by atomic mass is 14.8. The van der Waals surface area contributed by atoms with Crippen LogP contribution >= 0.6 is 0 Å². The number of rotatable bonds is 4. The Hall–Kier alpha value is -1.87. The van der Waals surface area contributed by atoms with Crippen LogP contribution < -0.4 is 11.5 Å². The van der Waals surface area contributed by atoms with E-state index >= 15 is 0 Å². The number of hydrogen-bond donors (Lipinski definition) is 2. The molecule has 1 aromatic carbocycles. The number of nitrogens with zero attached hydrogens (tertiary/aromatic N) is 1. The molecule has 1 unspecified atom stereocenters. The minimum Gasteiger partial charge on any atom is -0.384 e. The molecule has 4 N–H and O–H groups in total. The third kappa shape index (κ3) is 2.34. The molecule has 1 heterocycles. The molecule has 3 nitrogen and oxygen atoms in total. The van der Waals surface area contributed by atoms with E-state index in [1.165, 1.54) is 24.0 Å². The topological polar surface area (TPSA) is 64.9 Å². The predicted molar refractivity (Wildman–Crippen MR) is 77.7 cm³/mol. The molecule has 0 saturated heterocycles. The summed E-state index contributed by atoms with van der Waals surface area (Å²) in [5.41, 5.74) is 14.9. The zero-order chi connectivity index (χ0) is 13.3. The molecule has 1 aliphatic rings. The standard InChI is InChI=1S/C16H19N3/c17-14(10-12-6-9-19-15(18)11-12)16(7-8-16)13-4-2-1-3-5-13/h1-6,9,11,14H,7-8,10,17H2,(H2,18,19). The molecule has 3 rings (SSSR count). The first kappa shape index (κ1) is 12.2. The van der Waals surface area contributed by atoms with Gasteiger partial charge in [0.05, 0.1) is 0 Å². The number of anilines is 1. The minimum atomic E-state index is 0.136. The van der Waals surface area contributed by atoms with Crippen molar-refractivity contribution in [3.05, 3.63) is 59.8 Å². The van der Waals surface area contributed by atoms with E-state index in [4.69, 9.17) is 11.5 Å². The van der Waals surface area contributed by atoms with Crippen LogP contribution in [0.25, 0.3) is 0 Å². The summed E-state index contributed by atoms with van der Waals surface area (Å²) in [4.78, 5) is 4.02. The Morgan fingerprint density at radius 1 is 1.16 bits per heavy atom. The monoisotopic (exact) mass is 253 g/mol. The summed E-state index contributed by atoms with van der Waals surface area (Å²) in [6.45, 7) is 0. The summed E-state index contributed by atoms with van der Waals surface area (Å²) >= 11 is 0. The summed E-state index contributed by atoms with van der Waals surface area (Å²) in [5, 5.41) is 0. The number of aromatic nitrogens is 1. The Balaban J connectivity index is 1.79. The van der Waals surface area contributed by atoms with Crippen molar-refractivity contribution in [2.45, 2.75) is 30.7 Å². The molecule has 0 spiro atoms. The largest absolute Gasteiger partial charge is 0.384 e. The molecule has 1 aliphatic carbocycles. The minimum absolute atomic E-state index is 0.136. The molecule has 0 amide bonds. The van der Waals surface area contributed by atoms with E-state index in [0.717, 1.165) is 6.42 Å². The van der Waals surface area contributed by atoms with Crippen molar-refractivity contribution >= 4 is 5.82 Å². The van der Waals surface area contributed by atoms with Crippen LogP contribution in [0.15, 0.2) is 48.7 Å². The maximum Gasteiger partial charge on any atom is 0.123 e.